The Kier molecular flexibility index (Phi) is 3.75. The molecule has 0 amide bonds. The van der Waals surface area contributed by atoms with Crippen molar-refractivity contribution in [1.29, 1.82) is 0 Å². The fraction of sp³-hybridized carbons (Fsp3) is 1.00. The summed E-state index contributed by atoms with van der Waals surface area (Å²) in [7, 11) is 0. The molecule has 16 heteroatoms. The summed E-state index contributed by atoms with van der Waals surface area (Å²) in [5, 5.41) is 6.56. The molecule has 137 valence electrons. The highest BCUT2D eigenvalue weighted by molar-refractivity contribution is 5.22. The lowest BCUT2D eigenvalue weighted by molar-refractivity contribution is -0.579. The van der Waals surface area contributed by atoms with Gasteiger partial charge >= 0.3 is 41.7 Å². The third-order valence-electron chi connectivity index (χ3n) is 2.93. The monoisotopic (exact) mass is 380 g/mol. The van der Waals surface area contributed by atoms with E-state index < -0.39 is 46.8 Å². The van der Waals surface area contributed by atoms with Gasteiger partial charge in [-0.3, -0.25) is 0 Å². The summed E-state index contributed by atoms with van der Waals surface area (Å²) in [5.74, 6) is -38.6. The Bertz CT molecular complexity index is 452. The fourth-order valence-corrected chi connectivity index (χ4v) is 1.67. The Morgan fingerprint density at radius 3 is 0.913 bits per heavy atom. The second-order valence-electron chi connectivity index (χ2n) is 4.26. The molecule has 0 aromatic carbocycles. The van der Waals surface area contributed by atoms with E-state index in [4.69, 9.17) is 0 Å². The third kappa shape index (κ3) is 1.78. The number of rotatable bonds is 0. The molecule has 2 atom stereocenters. The van der Waals surface area contributed by atoms with Gasteiger partial charge in [0.25, 0.3) is 0 Å². The second-order valence-corrected chi connectivity index (χ2v) is 4.26. The van der Waals surface area contributed by atoms with E-state index in [1.807, 2.05) is 0 Å². The maximum absolute atomic E-state index is 13.3. The molecule has 1 aliphatic heterocycles. The van der Waals surface area contributed by atoms with E-state index in [1.165, 1.54) is 0 Å². The summed E-state index contributed by atoms with van der Waals surface area (Å²) in [6, 6.07) is 0. The van der Waals surface area contributed by atoms with E-state index in [0.717, 1.165) is 0 Å². The predicted molar refractivity (Wildman–Crippen MR) is 37.2 cm³/mol. The fourth-order valence-electron chi connectivity index (χ4n) is 1.67. The minimum Gasteiger partial charge on any atom is -0.206 e. The summed E-state index contributed by atoms with van der Waals surface area (Å²) in [4.78, 5) is 0. The van der Waals surface area contributed by atoms with Crippen molar-refractivity contribution in [3.05, 3.63) is 0 Å². The van der Waals surface area contributed by atoms with Gasteiger partial charge in [-0.2, -0.15) is 52.7 Å². The van der Waals surface area contributed by atoms with Gasteiger partial charge in [-0.15, -0.1) is 5.21 Å². The van der Waals surface area contributed by atoms with Crippen molar-refractivity contribution in [2.24, 2.45) is 0 Å². The largest absolute Gasteiger partial charge is 0.445 e. The first-order chi connectivity index (χ1) is 9.65. The Labute approximate surface area is 115 Å². The first-order valence-corrected chi connectivity index (χ1v) is 4.78. The lowest BCUT2D eigenvalue weighted by Gasteiger charge is -2.54. The Hall–Kier alpha value is -1.06. The van der Waals surface area contributed by atoms with Crippen molar-refractivity contribution in [3.8, 4) is 0 Å². The molecule has 0 aromatic heterocycles. The van der Waals surface area contributed by atoms with Crippen LogP contribution < -0.4 is 0 Å². The zero-order valence-corrected chi connectivity index (χ0v) is 9.65. The van der Waals surface area contributed by atoms with Gasteiger partial charge in [0.1, 0.15) is 0 Å². The summed E-state index contributed by atoms with van der Waals surface area (Å²) in [5.41, 5.74) is 0. The summed E-state index contributed by atoms with van der Waals surface area (Å²) >= 11 is 0. The van der Waals surface area contributed by atoms with Crippen LogP contribution in [0.5, 0.6) is 0 Å². The van der Waals surface area contributed by atoms with Crippen LogP contribution in [0.15, 0.2) is 0 Å². The topological polar surface area (TPSA) is 23.1 Å². The van der Waals surface area contributed by atoms with E-state index in [1.54, 1.807) is 0 Å². The summed E-state index contributed by atoms with van der Waals surface area (Å²) in [6.07, 6.45) is -15.2. The highest BCUT2D eigenvalue weighted by atomic mass is 19.4. The van der Waals surface area contributed by atoms with Gasteiger partial charge in [-0.05, 0) is 0 Å². The molecule has 1 rings (SSSR count). The molecular formula is C7F14NO. The van der Waals surface area contributed by atoms with Crippen molar-refractivity contribution < 1.29 is 66.7 Å². The van der Waals surface area contributed by atoms with Crippen LogP contribution in [0, 0.1) is 0 Å². The average Bonchev–Trinajstić information content (AvgIpc) is 2.30. The molecule has 1 radical (unpaired) electrons. The van der Waals surface area contributed by atoms with Crippen LogP contribution in [0.25, 0.3) is 0 Å². The van der Waals surface area contributed by atoms with Crippen LogP contribution in [-0.4, -0.2) is 46.8 Å². The second kappa shape index (κ2) is 4.31. The number of alkyl halides is 14. The first kappa shape index (κ1) is 20.0. The maximum Gasteiger partial charge on any atom is 0.445 e. The lowest BCUT2D eigenvalue weighted by atomic mass is 9.82. The third-order valence-corrected chi connectivity index (χ3v) is 2.93. The van der Waals surface area contributed by atoms with Crippen molar-refractivity contribution in [1.82, 2.24) is 5.06 Å². The molecule has 1 heterocycles. The Morgan fingerprint density at radius 2 is 0.739 bits per heavy atom. The number of halogens is 14. The Morgan fingerprint density at radius 1 is 0.522 bits per heavy atom. The molecule has 0 unspecified atom stereocenters. The van der Waals surface area contributed by atoms with Gasteiger partial charge in [0.15, 0.2) is 0 Å². The van der Waals surface area contributed by atoms with Crippen LogP contribution in [0.1, 0.15) is 0 Å². The summed E-state index contributed by atoms with van der Waals surface area (Å²) < 4.78 is 177. The molecule has 0 aromatic rings. The zero-order valence-electron chi connectivity index (χ0n) is 9.65. The van der Waals surface area contributed by atoms with E-state index >= 15 is 0 Å². The molecule has 1 saturated heterocycles. The van der Waals surface area contributed by atoms with Gasteiger partial charge in [0, 0.05) is 0 Å². The van der Waals surface area contributed by atoms with E-state index in [-0.39, 0.29) is 0 Å². The Balaban J connectivity index is 3.96. The number of hydroxylamine groups is 2. The van der Waals surface area contributed by atoms with Crippen molar-refractivity contribution in [3.63, 3.8) is 0 Å². The van der Waals surface area contributed by atoms with Gasteiger partial charge in [0.2, 0.25) is 0 Å². The molecule has 23 heavy (non-hydrogen) atoms. The normalized spacial score (nSPS) is 37.7. The molecule has 0 aliphatic carbocycles. The molecule has 0 spiro atoms. The van der Waals surface area contributed by atoms with Gasteiger partial charge < -0.3 is 0 Å². The highest BCUT2D eigenvalue weighted by Gasteiger charge is 3.02. The standard InChI is InChI=1S/C7F14NO/c8-1(9)2(10,11)4(14,6(16,17)18)22(23)5(15,3(1,12)13)7(19,20)21/t4-,5+. The zero-order chi connectivity index (χ0) is 19.1. The minimum atomic E-state index is -7.87. The number of hydrogen-bond donors (Lipinski definition) is 0. The lowest BCUT2D eigenvalue weighted by Crippen LogP contribution is -2.88. The minimum absolute atomic E-state index is 4.06. The van der Waals surface area contributed by atoms with Crippen molar-refractivity contribution in [2.45, 2.75) is 41.7 Å². The van der Waals surface area contributed by atoms with Gasteiger partial charge in [-0.1, -0.05) is 5.06 Å². The van der Waals surface area contributed by atoms with Gasteiger partial charge in [0.05, 0.1) is 0 Å². The highest BCUT2D eigenvalue weighted by Crippen LogP contribution is 2.68. The molecule has 0 saturated carbocycles. The quantitative estimate of drug-likeness (QED) is 0.460. The molecule has 1 aliphatic rings. The van der Waals surface area contributed by atoms with Crippen LogP contribution in [0.2, 0.25) is 0 Å². The molecule has 1 fully saturated rings. The van der Waals surface area contributed by atoms with Crippen LogP contribution >= 0.6 is 0 Å². The number of hydrogen-bond acceptors (Lipinski definition) is 1. The first-order valence-electron chi connectivity index (χ1n) is 4.78. The van der Waals surface area contributed by atoms with Crippen LogP contribution in [-0.2, 0) is 5.21 Å². The SMILES string of the molecule is [O]N1[C@@](F)(C(F)(F)F)C(F)(F)C(F)(F)C(F)(F)[C@@]1(F)C(F)(F)F. The number of piperidine rings is 1. The van der Waals surface area contributed by atoms with Crippen LogP contribution in [0.3, 0.4) is 0 Å². The average molecular weight is 380 g/mol. The molecule has 0 N–H and O–H groups in total. The van der Waals surface area contributed by atoms with Gasteiger partial charge in [-0.25, -0.2) is 8.78 Å². The van der Waals surface area contributed by atoms with E-state index in [2.05, 4.69) is 0 Å². The van der Waals surface area contributed by atoms with Crippen LogP contribution in [0.4, 0.5) is 61.5 Å². The van der Waals surface area contributed by atoms with E-state index in [9.17, 15) is 66.7 Å². The van der Waals surface area contributed by atoms with Crippen molar-refractivity contribution in [2.75, 3.05) is 0 Å². The molecule has 0 bridgehead atoms. The molecular weight excluding hydrogens is 380 g/mol. The van der Waals surface area contributed by atoms with Crippen molar-refractivity contribution >= 4 is 0 Å². The number of nitrogens with zero attached hydrogens (tertiary/aromatic N) is 1. The predicted octanol–water partition coefficient (Wildman–Crippen LogP) is 4.01. The van der Waals surface area contributed by atoms with E-state index in [0.29, 0.717) is 0 Å². The molecule has 2 nitrogen and oxygen atoms in total. The maximum atomic E-state index is 13.3. The summed E-state index contributed by atoms with van der Waals surface area (Å²) in [6.45, 7) is 0. The smallest absolute Gasteiger partial charge is 0.206 e.